The Morgan fingerprint density at radius 2 is 2.04 bits per heavy atom. The molecule has 3 aromatic rings. The molecule has 0 spiro atoms. The number of carbonyl (C=O) groups excluding carboxylic acids is 1. The van der Waals surface area contributed by atoms with Gasteiger partial charge in [0.1, 0.15) is 22.3 Å². The van der Waals surface area contributed by atoms with Gasteiger partial charge in [0.25, 0.3) is 0 Å². The summed E-state index contributed by atoms with van der Waals surface area (Å²) in [5, 5.41) is 13.6. The van der Waals surface area contributed by atoms with E-state index < -0.39 is 0 Å². The molecule has 1 amide bonds. The van der Waals surface area contributed by atoms with E-state index in [2.05, 4.69) is 16.4 Å². The van der Waals surface area contributed by atoms with Crippen LogP contribution >= 0.6 is 22.9 Å². The molecule has 2 aromatic heterocycles. The van der Waals surface area contributed by atoms with E-state index in [4.69, 9.17) is 11.6 Å². The molecule has 1 aliphatic carbocycles. The van der Waals surface area contributed by atoms with Crippen LogP contribution in [0, 0.1) is 11.3 Å². The van der Waals surface area contributed by atoms with Gasteiger partial charge in [-0.1, -0.05) is 30.3 Å². The van der Waals surface area contributed by atoms with E-state index in [1.165, 1.54) is 16.9 Å². The minimum absolute atomic E-state index is 0.174. The van der Waals surface area contributed by atoms with Gasteiger partial charge < -0.3 is 5.32 Å². The number of alkyl halides is 1. The minimum Gasteiger partial charge on any atom is -0.308 e. The first kappa shape index (κ1) is 17.0. The highest BCUT2D eigenvalue weighted by molar-refractivity contribution is 7.19. The summed E-state index contributed by atoms with van der Waals surface area (Å²) < 4.78 is 0. The average Bonchev–Trinajstić information content (AvgIpc) is 3.05. The highest BCUT2D eigenvalue weighted by Crippen LogP contribution is 2.43. The third-order valence-electron chi connectivity index (χ3n) is 4.66. The number of hydrogen-bond acceptors (Lipinski definition) is 4. The monoisotopic (exact) mass is 381 g/mol. The van der Waals surface area contributed by atoms with Gasteiger partial charge >= 0.3 is 0 Å². The fourth-order valence-electron chi connectivity index (χ4n) is 3.55. The average molecular weight is 382 g/mol. The zero-order valence-electron chi connectivity index (χ0n) is 14.0. The Balaban J connectivity index is 2.07. The van der Waals surface area contributed by atoms with E-state index in [-0.39, 0.29) is 11.8 Å². The van der Waals surface area contributed by atoms with Crippen LogP contribution in [0.2, 0.25) is 0 Å². The summed E-state index contributed by atoms with van der Waals surface area (Å²) in [6.45, 7) is 0. The van der Waals surface area contributed by atoms with Crippen LogP contribution in [-0.4, -0.2) is 16.8 Å². The molecule has 0 bridgehead atoms. The first-order valence-electron chi connectivity index (χ1n) is 8.52. The number of rotatable bonds is 3. The Labute approximate surface area is 160 Å². The maximum atomic E-state index is 11.8. The molecule has 26 heavy (non-hydrogen) atoms. The first-order chi connectivity index (χ1) is 12.7. The molecule has 0 saturated carbocycles. The van der Waals surface area contributed by atoms with Crippen molar-refractivity contribution in [2.75, 3.05) is 11.2 Å². The molecule has 0 radical (unpaired) electrons. The normalized spacial score (nSPS) is 13.2. The number of amides is 1. The molecule has 0 atom stereocenters. The number of thiophene rings is 1. The van der Waals surface area contributed by atoms with Gasteiger partial charge in [0.2, 0.25) is 5.91 Å². The van der Waals surface area contributed by atoms with Crippen LogP contribution in [-0.2, 0) is 17.6 Å². The van der Waals surface area contributed by atoms with Crippen molar-refractivity contribution in [1.29, 1.82) is 5.26 Å². The second kappa shape index (κ2) is 7.06. The molecule has 0 unspecified atom stereocenters. The Morgan fingerprint density at radius 1 is 1.27 bits per heavy atom. The molecule has 1 aromatic carbocycles. The van der Waals surface area contributed by atoms with E-state index in [9.17, 15) is 10.1 Å². The molecule has 1 N–H and O–H groups in total. The lowest BCUT2D eigenvalue weighted by Crippen LogP contribution is -2.15. The molecule has 0 aliphatic heterocycles. The summed E-state index contributed by atoms with van der Waals surface area (Å²) in [5.74, 6) is -0.245. The quantitative estimate of drug-likeness (QED) is 0.657. The highest BCUT2D eigenvalue weighted by Gasteiger charge is 2.25. The number of carbonyl (C=O) groups is 1. The maximum absolute atomic E-state index is 11.8. The lowest BCUT2D eigenvalue weighted by Gasteiger charge is -2.15. The summed E-state index contributed by atoms with van der Waals surface area (Å²) in [6.07, 6.45) is 4.39. The zero-order valence-corrected chi connectivity index (χ0v) is 15.6. The first-order valence-corrected chi connectivity index (χ1v) is 9.87. The highest BCUT2D eigenvalue weighted by atomic mass is 35.5. The number of nitrogens with zero attached hydrogens (tertiary/aromatic N) is 2. The van der Waals surface area contributed by atoms with Gasteiger partial charge in [-0.15, -0.1) is 22.9 Å². The van der Waals surface area contributed by atoms with Crippen LogP contribution in [0.15, 0.2) is 30.3 Å². The molecule has 0 fully saturated rings. The van der Waals surface area contributed by atoms with Gasteiger partial charge in [0.05, 0.1) is 0 Å². The van der Waals surface area contributed by atoms with Crippen molar-refractivity contribution in [3.05, 3.63) is 46.3 Å². The SMILES string of the molecule is N#Cc1c(NC(=O)CCl)nc2sc3c(c2c1-c1ccccc1)CCCC3. The van der Waals surface area contributed by atoms with E-state index in [0.29, 0.717) is 11.4 Å². The van der Waals surface area contributed by atoms with Crippen LogP contribution in [0.25, 0.3) is 21.3 Å². The summed E-state index contributed by atoms with van der Waals surface area (Å²) in [6, 6.07) is 12.1. The standard InChI is InChI=1S/C20H16ClN3OS/c21-10-16(25)23-19-14(11-22)17(12-6-2-1-3-7-12)18-13-8-4-5-9-15(13)26-20(18)24-19/h1-3,6-7H,4-5,8-10H2,(H,23,24,25). The smallest absolute Gasteiger partial charge is 0.240 e. The number of benzene rings is 1. The summed E-state index contributed by atoms with van der Waals surface area (Å²) >= 11 is 7.31. The molecule has 1 aliphatic rings. The molecule has 2 heterocycles. The van der Waals surface area contributed by atoms with Gasteiger partial charge in [-0.2, -0.15) is 5.26 Å². The number of aryl methyl sites for hydroxylation is 2. The van der Waals surface area contributed by atoms with Gasteiger partial charge in [-0.25, -0.2) is 4.98 Å². The number of anilines is 1. The Hall–Kier alpha value is -2.42. The second-order valence-corrected chi connectivity index (χ2v) is 7.61. The van der Waals surface area contributed by atoms with Gasteiger partial charge in [0, 0.05) is 15.8 Å². The predicted octanol–water partition coefficient (Wildman–Crippen LogP) is 4.89. The van der Waals surface area contributed by atoms with E-state index in [0.717, 1.165) is 40.6 Å². The second-order valence-electron chi connectivity index (χ2n) is 6.26. The number of fused-ring (bicyclic) bond motifs is 3. The van der Waals surface area contributed by atoms with Crippen molar-refractivity contribution in [3.63, 3.8) is 0 Å². The van der Waals surface area contributed by atoms with Crippen molar-refractivity contribution in [1.82, 2.24) is 4.98 Å². The number of hydrogen-bond donors (Lipinski definition) is 1. The van der Waals surface area contributed by atoms with Crippen LogP contribution in [0.1, 0.15) is 28.8 Å². The van der Waals surface area contributed by atoms with Crippen LogP contribution in [0.4, 0.5) is 5.82 Å². The number of pyridine rings is 1. The van der Waals surface area contributed by atoms with Gasteiger partial charge in [-0.05, 0) is 36.8 Å². The van der Waals surface area contributed by atoms with E-state index >= 15 is 0 Å². The van der Waals surface area contributed by atoms with Gasteiger partial charge in [-0.3, -0.25) is 4.79 Å². The van der Waals surface area contributed by atoms with Crippen molar-refractivity contribution < 1.29 is 4.79 Å². The molecule has 6 heteroatoms. The fraction of sp³-hybridized carbons (Fsp3) is 0.250. The van der Waals surface area contributed by atoms with Crippen molar-refractivity contribution >= 4 is 44.9 Å². The molecule has 130 valence electrons. The summed E-state index contributed by atoms with van der Waals surface area (Å²) in [5.41, 5.74) is 3.54. The molecule has 4 rings (SSSR count). The Morgan fingerprint density at radius 3 is 2.77 bits per heavy atom. The lowest BCUT2D eigenvalue weighted by atomic mass is 9.90. The van der Waals surface area contributed by atoms with Crippen LogP contribution < -0.4 is 5.32 Å². The largest absolute Gasteiger partial charge is 0.308 e. The topological polar surface area (TPSA) is 65.8 Å². The fourth-order valence-corrected chi connectivity index (χ4v) is 4.89. The summed E-state index contributed by atoms with van der Waals surface area (Å²) in [4.78, 5) is 18.7. The van der Waals surface area contributed by atoms with Crippen LogP contribution in [0.3, 0.4) is 0 Å². The zero-order chi connectivity index (χ0) is 18.1. The maximum Gasteiger partial charge on any atom is 0.240 e. The Kier molecular flexibility index (Phi) is 4.62. The van der Waals surface area contributed by atoms with E-state index in [1.54, 1.807) is 11.3 Å². The lowest BCUT2D eigenvalue weighted by molar-refractivity contribution is -0.113. The molecular weight excluding hydrogens is 366 g/mol. The summed E-state index contributed by atoms with van der Waals surface area (Å²) in [7, 11) is 0. The van der Waals surface area contributed by atoms with E-state index in [1.807, 2.05) is 30.3 Å². The number of aromatic nitrogens is 1. The predicted molar refractivity (Wildman–Crippen MR) is 106 cm³/mol. The van der Waals surface area contributed by atoms with Crippen LogP contribution in [0.5, 0.6) is 0 Å². The molecular formula is C20H16ClN3OS. The number of halogens is 1. The number of nitrogens with one attached hydrogen (secondary N) is 1. The third kappa shape index (κ3) is 2.86. The third-order valence-corrected chi connectivity index (χ3v) is 6.08. The molecule has 0 saturated heterocycles. The number of nitriles is 1. The van der Waals surface area contributed by atoms with Crippen molar-refractivity contribution in [3.8, 4) is 17.2 Å². The van der Waals surface area contributed by atoms with Crippen molar-refractivity contribution in [2.45, 2.75) is 25.7 Å². The van der Waals surface area contributed by atoms with Gasteiger partial charge in [0.15, 0.2) is 5.82 Å². The Bertz CT molecular complexity index is 1040. The van der Waals surface area contributed by atoms with Crippen molar-refractivity contribution in [2.24, 2.45) is 0 Å². The minimum atomic E-state index is -0.365. The molecule has 4 nitrogen and oxygen atoms in total.